The van der Waals surface area contributed by atoms with Crippen LogP contribution in [0.15, 0.2) is 53.6 Å². The Hall–Kier alpha value is -3.61. The highest BCUT2D eigenvalue weighted by molar-refractivity contribution is 5.95. The third kappa shape index (κ3) is 4.45. The second-order valence-electron chi connectivity index (χ2n) is 6.44. The van der Waals surface area contributed by atoms with Gasteiger partial charge in [0.25, 0.3) is 5.91 Å². The highest BCUT2D eigenvalue weighted by atomic mass is 19.1. The van der Waals surface area contributed by atoms with Gasteiger partial charge in [0.2, 0.25) is 0 Å². The molecule has 0 bridgehead atoms. The summed E-state index contributed by atoms with van der Waals surface area (Å²) in [5.41, 5.74) is 6.48. The molecule has 0 aliphatic carbocycles. The summed E-state index contributed by atoms with van der Waals surface area (Å²) in [6.07, 6.45) is 1.58. The molecule has 7 heteroatoms. The molecule has 150 valence electrons. The number of ether oxygens (including phenoxy) is 2. The Balaban J connectivity index is 1.78. The molecule has 0 fully saturated rings. The van der Waals surface area contributed by atoms with Crippen molar-refractivity contribution in [2.24, 2.45) is 5.10 Å². The summed E-state index contributed by atoms with van der Waals surface area (Å²) in [6.45, 7) is 3.89. The Morgan fingerprint density at radius 1 is 1.03 bits per heavy atom. The minimum Gasteiger partial charge on any atom is -0.497 e. The number of nitrogens with one attached hydrogen (secondary N) is 1. The van der Waals surface area contributed by atoms with E-state index >= 15 is 0 Å². The Morgan fingerprint density at radius 3 is 2.24 bits per heavy atom. The largest absolute Gasteiger partial charge is 0.497 e. The highest BCUT2D eigenvalue weighted by Crippen LogP contribution is 2.23. The van der Waals surface area contributed by atoms with E-state index in [1.54, 1.807) is 36.5 Å². The van der Waals surface area contributed by atoms with E-state index in [1.807, 2.05) is 24.5 Å². The van der Waals surface area contributed by atoms with Crippen LogP contribution in [-0.2, 0) is 0 Å². The van der Waals surface area contributed by atoms with Crippen molar-refractivity contribution in [2.75, 3.05) is 14.2 Å². The van der Waals surface area contributed by atoms with Crippen LogP contribution >= 0.6 is 0 Å². The van der Waals surface area contributed by atoms with E-state index in [0.29, 0.717) is 17.1 Å². The van der Waals surface area contributed by atoms with Gasteiger partial charge in [-0.1, -0.05) is 0 Å². The molecule has 0 saturated heterocycles. The Labute approximate surface area is 168 Å². The zero-order valence-corrected chi connectivity index (χ0v) is 16.7. The number of hydrogen-bond donors (Lipinski definition) is 1. The van der Waals surface area contributed by atoms with Crippen molar-refractivity contribution in [3.8, 4) is 17.2 Å². The summed E-state index contributed by atoms with van der Waals surface area (Å²) in [4.78, 5) is 12.4. The van der Waals surface area contributed by atoms with Crippen LogP contribution in [-0.4, -0.2) is 30.9 Å². The second-order valence-corrected chi connectivity index (χ2v) is 6.44. The number of halogens is 1. The van der Waals surface area contributed by atoms with Gasteiger partial charge in [-0.15, -0.1) is 0 Å². The molecule has 3 aromatic rings. The monoisotopic (exact) mass is 395 g/mol. The standard InChI is InChI=1S/C22H22FN3O3/c1-14-9-17(15(2)26(14)19-7-5-18(23)6-8-19)13-24-25-22(27)16-10-20(28-3)12-21(11-16)29-4/h5-13H,1-4H3,(H,25,27). The van der Waals surface area contributed by atoms with Gasteiger partial charge in [-0.25, -0.2) is 9.82 Å². The molecule has 0 saturated carbocycles. The smallest absolute Gasteiger partial charge is 0.271 e. The first-order valence-corrected chi connectivity index (χ1v) is 8.94. The molecule has 2 aromatic carbocycles. The Morgan fingerprint density at radius 2 is 1.66 bits per heavy atom. The summed E-state index contributed by atoms with van der Waals surface area (Å²) in [7, 11) is 3.04. The van der Waals surface area contributed by atoms with Gasteiger partial charge < -0.3 is 14.0 Å². The number of carbonyl (C=O) groups is 1. The molecule has 1 aromatic heterocycles. The molecular weight excluding hydrogens is 373 g/mol. The molecule has 3 rings (SSSR count). The number of hydrogen-bond acceptors (Lipinski definition) is 4. The van der Waals surface area contributed by atoms with Crippen LogP contribution in [0.5, 0.6) is 11.5 Å². The predicted octanol–water partition coefficient (Wildman–Crippen LogP) is 4.01. The first-order chi connectivity index (χ1) is 13.9. The van der Waals surface area contributed by atoms with Gasteiger partial charge in [0.05, 0.1) is 20.4 Å². The molecule has 0 aliphatic heterocycles. The van der Waals surface area contributed by atoms with Crippen LogP contribution in [0.2, 0.25) is 0 Å². The molecule has 0 aliphatic rings. The molecule has 6 nitrogen and oxygen atoms in total. The average molecular weight is 395 g/mol. The maximum Gasteiger partial charge on any atom is 0.271 e. The number of methoxy groups -OCH3 is 2. The summed E-state index contributed by atoms with van der Waals surface area (Å²) < 4.78 is 25.6. The molecule has 1 heterocycles. The SMILES string of the molecule is COc1cc(OC)cc(C(=O)NN=Cc2cc(C)n(-c3ccc(F)cc3)c2C)c1. The lowest BCUT2D eigenvalue weighted by atomic mass is 10.2. The minimum atomic E-state index is -0.384. The first kappa shape index (κ1) is 20.1. The molecule has 0 atom stereocenters. The normalized spacial score (nSPS) is 10.9. The van der Waals surface area contributed by atoms with Crippen LogP contribution < -0.4 is 14.9 Å². The zero-order valence-electron chi connectivity index (χ0n) is 16.7. The summed E-state index contributed by atoms with van der Waals surface area (Å²) in [5.74, 6) is 0.364. The van der Waals surface area contributed by atoms with Gasteiger partial charge in [-0.3, -0.25) is 4.79 Å². The third-order valence-corrected chi connectivity index (χ3v) is 4.54. The summed E-state index contributed by atoms with van der Waals surface area (Å²) in [6, 6.07) is 13.1. The lowest BCUT2D eigenvalue weighted by molar-refractivity contribution is 0.0954. The number of benzene rings is 2. The fourth-order valence-corrected chi connectivity index (χ4v) is 3.07. The Bertz CT molecular complexity index is 1030. The van der Waals surface area contributed by atoms with Crippen molar-refractivity contribution < 1.29 is 18.7 Å². The second kappa shape index (κ2) is 8.60. The van der Waals surface area contributed by atoms with E-state index in [1.165, 1.54) is 26.4 Å². The number of hydrazone groups is 1. The predicted molar refractivity (Wildman–Crippen MR) is 110 cm³/mol. The molecule has 1 amide bonds. The fraction of sp³-hybridized carbons (Fsp3) is 0.182. The lowest BCUT2D eigenvalue weighted by Gasteiger charge is -2.09. The van der Waals surface area contributed by atoms with Crippen molar-refractivity contribution in [3.63, 3.8) is 0 Å². The average Bonchev–Trinajstić information content (AvgIpc) is 3.01. The number of aromatic nitrogens is 1. The van der Waals surface area contributed by atoms with Crippen molar-refractivity contribution in [2.45, 2.75) is 13.8 Å². The van der Waals surface area contributed by atoms with Gasteiger partial charge in [0.15, 0.2) is 0 Å². The van der Waals surface area contributed by atoms with E-state index in [4.69, 9.17) is 9.47 Å². The number of amides is 1. The van der Waals surface area contributed by atoms with Gasteiger partial charge in [-0.05, 0) is 56.3 Å². The third-order valence-electron chi connectivity index (χ3n) is 4.54. The van der Waals surface area contributed by atoms with E-state index < -0.39 is 0 Å². The van der Waals surface area contributed by atoms with Crippen LogP contribution in [0.4, 0.5) is 4.39 Å². The molecular formula is C22H22FN3O3. The lowest BCUT2D eigenvalue weighted by Crippen LogP contribution is -2.17. The molecule has 0 spiro atoms. The minimum absolute atomic E-state index is 0.283. The van der Waals surface area contributed by atoms with Crippen molar-refractivity contribution >= 4 is 12.1 Å². The van der Waals surface area contributed by atoms with E-state index in [0.717, 1.165) is 22.6 Å². The van der Waals surface area contributed by atoms with Crippen LogP contribution in [0.25, 0.3) is 5.69 Å². The number of rotatable bonds is 6. The number of carbonyl (C=O) groups excluding carboxylic acids is 1. The summed E-state index contributed by atoms with van der Waals surface area (Å²) in [5, 5.41) is 4.07. The van der Waals surface area contributed by atoms with E-state index in [9.17, 15) is 9.18 Å². The summed E-state index contributed by atoms with van der Waals surface area (Å²) >= 11 is 0. The van der Waals surface area contributed by atoms with Crippen LogP contribution in [0, 0.1) is 19.7 Å². The van der Waals surface area contributed by atoms with Gasteiger partial charge >= 0.3 is 0 Å². The quantitative estimate of drug-likeness (QED) is 0.507. The molecule has 0 unspecified atom stereocenters. The van der Waals surface area contributed by atoms with Crippen LogP contribution in [0.3, 0.4) is 0 Å². The number of aryl methyl sites for hydroxylation is 1. The fourth-order valence-electron chi connectivity index (χ4n) is 3.07. The van der Waals surface area contributed by atoms with Gasteiger partial charge in [-0.2, -0.15) is 5.10 Å². The van der Waals surface area contributed by atoms with Crippen molar-refractivity contribution in [1.29, 1.82) is 0 Å². The van der Waals surface area contributed by atoms with Crippen molar-refractivity contribution in [1.82, 2.24) is 9.99 Å². The van der Waals surface area contributed by atoms with E-state index in [-0.39, 0.29) is 11.7 Å². The van der Waals surface area contributed by atoms with Crippen LogP contribution in [0.1, 0.15) is 27.3 Å². The maximum atomic E-state index is 13.2. The number of nitrogens with zero attached hydrogens (tertiary/aromatic N) is 2. The van der Waals surface area contributed by atoms with Gasteiger partial charge in [0.1, 0.15) is 17.3 Å². The van der Waals surface area contributed by atoms with Gasteiger partial charge in [0, 0.05) is 34.3 Å². The zero-order chi connectivity index (χ0) is 21.0. The molecule has 1 N–H and O–H groups in total. The molecule has 0 radical (unpaired) electrons. The highest BCUT2D eigenvalue weighted by Gasteiger charge is 2.11. The maximum absolute atomic E-state index is 13.2. The molecule has 29 heavy (non-hydrogen) atoms. The Kier molecular flexibility index (Phi) is 5.97. The van der Waals surface area contributed by atoms with E-state index in [2.05, 4.69) is 10.5 Å². The van der Waals surface area contributed by atoms with Crippen molar-refractivity contribution in [3.05, 3.63) is 76.9 Å². The first-order valence-electron chi connectivity index (χ1n) is 8.94. The topological polar surface area (TPSA) is 64.8 Å².